The average Bonchev–Trinajstić information content (AvgIpc) is 2.39. The standard InChI is InChI=1S/C14H13NO3S/c1-19(17,18)15(13-8-3-2-4-9-13)14-10-6-5-7-12(14)11-16/h2-11H,1H3. The van der Waals surface area contributed by atoms with Crippen LogP contribution >= 0.6 is 0 Å². The lowest BCUT2D eigenvalue weighted by molar-refractivity contribution is 0.112. The molecule has 0 atom stereocenters. The van der Waals surface area contributed by atoms with Gasteiger partial charge in [0.25, 0.3) is 0 Å². The molecule has 0 N–H and O–H groups in total. The van der Waals surface area contributed by atoms with Gasteiger partial charge in [-0.05, 0) is 24.3 Å². The maximum atomic E-state index is 12.0. The molecule has 0 aliphatic carbocycles. The minimum Gasteiger partial charge on any atom is -0.298 e. The van der Waals surface area contributed by atoms with Crippen LogP contribution in [-0.2, 0) is 10.0 Å². The zero-order valence-electron chi connectivity index (χ0n) is 10.4. The molecule has 0 fully saturated rings. The lowest BCUT2D eigenvalue weighted by atomic mass is 10.2. The van der Waals surface area contributed by atoms with Gasteiger partial charge in [0.1, 0.15) is 0 Å². The molecule has 0 saturated heterocycles. The molecule has 5 heteroatoms. The van der Waals surface area contributed by atoms with Gasteiger partial charge >= 0.3 is 0 Å². The van der Waals surface area contributed by atoms with Crippen molar-refractivity contribution in [3.8, 4) is 0 Å². The molecule has 0 bridgehead atoms. The van der Waals surface area contributed by atoms with Crippen LogP contribution in [0.25, 0.3) is 0 Å². The molecule has 98 valence electrons. The third-order valence-electron chi connectivity index (χ3n) is 2.60. The Bertz CT molecular complexity index is 681. The first-order valence-electron chi connectivity index (χ1n) is 5.63. The Morgan fingerprint density at radius 1 is 0.947 bits per heavy atom. The van der Waals surface area contributed by atoms with Crippen molar-refractivity contribution in [1.82, 2.24) is 0 Å². The van der Waals surface area contributed by atoms with Crippen molar-refractivity contribution in [2.75, 3.05) is 10.6 Å². The Morgan fingerprint density at radius 3 is 2.11 bits per heavy atom. The number of hydrogen-bond donors (Lipinski definition) is 0. The summed E-state index contributed by atoms with van der Waals surface area (Å²) in [6, 6.07) is 15.2. The maximum absolute atomic E-state index is 12.0. The van der Waals surface area contributed by atoms with Crippen molar-refractivity contribution in [3.63, 3.8) is 0 Å². The second kappa shape index (κ2) is 5.24. The van der Waals surface area contributed by atoms with Crippen LogP contribution in [0.3, 0.4) is 0 Å². The number of aldehydes is 1. The van der Waals surface area contributed by atoms with E-state index in [2.05, 4.69) is 0 Å². The number of hydrogen-bond acceptors (Lipinski definition) is 3. The van der Waals surface area contributed by atoms with Crippen LogP contribution in [-0.4, -0.2) is 21.0 Å². The second-order valence-corrected chi connectivity index (χ2v) is 5.87. The molecule has 0 aliphatic rings. The highest BCUT2D eigenvalue weighted by Gasteiger charge is 2.21. The van der Waals surface area contributed by atoms with Crippen molar-refractivity contribution in [2.24, 2.45) is 0 Å². The number of rotatable bonds is 4. The van der Waals surface area contributed by atoms with E-state index in [1.165, 1.54) is 0 Å². The van der Waals surface area contributed by atoms with Gasteiger partial charge in [0.15, 0.2) is 6.29 Å². The van der Waals surface area contributed by atoms with E-state index < -0.39 is 10.0 Å². The highest BCUT2D eigenvalue weighted by molar-refractivity contribution is 7.92. The number of carbonyl (C=O) groups excluding carboxylic acids is 1. The van der Waals surface area contributed by atoms with E-state index in [4.69, 9.17) is 0 Å². The number of anilines is 2. The molecule has 0 saturated carbocycles. The minimum atomic E-state index is -3.53. The molecule has 0 aliphatic heterocycles. The van der Waals surface area contributed by atoms with Crippen LogP contribution in [0.4, 0.5) is 11.4 Å². The Morgan fingerprint density at radius 2 is 1.53 bits per heavy atom. The second-order valence-electron chi connectivity index (χ2n) is 4.04. The van der Waals surface area contributed by atoms with Crippen LogP contribution in [0.15, 0.2) is 54.6 Å². The van der Waals surface area contributed by atoms with E-state index in [0.29, 0.717) is 23.2 Å². The van der Waals surface area contributed by atoms with Crippen LogP contribution in [0.5, 0.6) is 0 Å². The molecule has 0 radical (unpaired) electrons. The summed E-state index contributed by atoms with van der Waals surface area (Å²) in [7, 11) is -3.53. The number of sulfonamides is 1. The van der Waals surface area contributed by atoms with Crippen molar-refractivity contribution < 1.29 is 13.2 Å². The molecule has 0 amide bonds. The largest absolute Gasteiger partial charge is 0.298 e. The predicted octanol–water partition coefficient (Wildman–Crippen LogP) is 2.60. The molecule has 2 rings (SSSR count). The Kier molecular flexibility index (Phi) is 3.66. The van der Waals surface area contributed by atoms with Gasteiger partial charge in [-0.2, -0.15) is 0 Å². The number of carbonyl (C=O) groups is 1. The molecule has 0 spiro atoms. The van der Waals surface area contributed by atoms with Gasteiger partial charge < -0.3 is 0 Å². The van der Waals surface area contributed by atoms with E-state index in [-0.39, 0.29) is 0 Å². The van der Waals surface area contributed by atoms with Crippen LogP contribution in [0, 0.1) is 0 Å². The predicted molar refractivity (Wildman–Crippen MR) is 75.3 cm³/mol. The van der Waals surface area contributed by atoms with Gasteiger partial charge in [-0.3, -0.25) is 4.79 Å². The number of nitrogens with zero attached hydrogens (tertiary/aromatic N) is 1. The molecule has 2 aromatic carbocycles. The van der Waals surface area contributed by atoms with Gasteiger partial charge in [-0.1, -0.05) is 30.3 Å². The van der Waals surface area contributed by atoms with Gasteiger partial charge in [0.2, 0.25) is 10.0 Å². The first kappa shape index (κ1) is 13.3. The minimum absolute atomic E-state index is 0.330. The highest BCUT2D eigenvalue weighted by atomic mass is 32.2. The fourth-order valence-corrected chi connectivity index (χ4v) is 2.87. The molecule has 19 heavy (non-hydrogen) atoms. The van der Waals surface area contributed by atoms with Crippen molar-refractivity contribution in [1.29, 1.82) is 0 Å². The lowest BCUT2D eigenvalue weighted by Crippen LogP contribution is -2.25. The summed E-state index contributed by atoms with van der Waals surface area (Å²) in [5, 5.41) is 0. The summed E-state index contributed by atoms with van der Waals surface area (Å²) in [5.41, 5.74) is 1.18. The summed E-state index contributed by atoms with van der Waals surface area (Å²) in [6.07, 6.45) is 1.76. The van der Waals surface area contributed by atoms with Crippen LogP contribution < -0.4 is 4.31 Å². The third kappa shape index (κ3) is 2.82. The van der Waals surface area contributed by atoms with Gasteiger partial charge in [-0.15, -0.1) is 0 Å². The highest BCUT2D eigenvalue weighted by Crippen LogP contribution is 2.30. The zero-order chi connectivity index (χ0) is 13.9. The normalized spacial score (nSPS) is 11.0. The maximum Gasteiger partial charge on any atom is 0.236 e. The molecule has 2 aromatic rings. The van der Waals surface area contributed by atoms with E-state index in [0.717, 1.165) is 10.6 Å². The fraction of sp³-hybridized carbons (Fsp3) is 0.0714. The molecule has 0 heterocycles. The third-order valence-corrected chi connectivity index (χ3v) is 3.68. The molecule has 0 aromatic heterocycles. The molecule has 4 nitrogen and oxygen atoms in total. The Balaban J connectivity index is 2.67. The molecular weight excluding hydrogens is 262 g/mol. The van der Waals surface area contributed by atoms with E-state index in [1.807, 2.05) is 0 Å². The number of benzene rings is 2. The Hall–Kier alpha value is -2.14. The van der Waals surface area contributed by atoms with Crippen molar-refractivity contribution in [3.05, 3.63) is 60.2 Å². The summed E-state index contributed by atoms with van der Waals surface area (Å²) in [4.78, 5) is 11.1. The fourth-order valence-electron chi connectivity index (χ4n) is 1.84. The van der Waals surface area contributed by atoms with Gasteiger partial charge in [0, 0.05) is 5.56 Å². The van der Waals surface area contributed by atoms with Gasteiger partial charge in [0.05, 0.1) is 17.6 Å². The van der Waals surface area contributed by atoms with E-state index >= 15 is 0 Å². The summed E-state index contributed by atoms with van der Waals surface area (Å²) in [6.45, 7) is 0. The topological polar surface area (TPSA) is 54.5 Å². The van der Waals surface area contributed by atoms with Crippen LogP contribution in [0.1, 0.15) is 10.4 Å². The first-order valence-corrected chi connectivity index (χ1v) is 7.48. The summed E-state index contributed by atoms with van der Waals surface area (Å²) >= 11 is 0. The van der Waals surface area contributed by atoms with Crippen LogP contribution in [0.2, 0.25) is 0 Å². The quantitative estimate of drug-likeness (QED) is 0.806. The van der Waals surface area contributed by atoms with E-state index in [9.17, 15) is 13.2 Å². The summed E-state index contributed by atoms with van der Waals surface area (Å²) in [5.74, 6) is 0. The monoisotopic (exact) mass is 275 g/mol. The average molecular weight is 275 g/mol. The smallest absolute Gasteiger partial charge is 0.236 e. The summed E-state index contributed by atoms with van der Waals surface area (Å²) < 4.78 is 25.2. The molecular formula is C14H13NO3S. The molecule has 0 unspecified atom stereocenters. The van der Waals surface area contributed by atoms with Crippen molar-refractivity contribution >= 4 is 27.7 Å². The first-order chi connectivity index (χ1) is 9.04. The Labute approximate surface area is 112 Å². The van der Waals surface area contributed by atoms with Crippen molar-refractivity contribution in [2.45, 2.75) is 0 Å². The SMILES string of the molecule is CS(=O)(=O)N(c1ccccc1)c1ccccc1C=O. The van der Waals surface area contributed by atoms with E-state index in [1.54, 1.807) is 54.6 Å². The zero-order valence-corrected chi connectivity index (χ0v) is 11.2. The van der Waals surface area contributed by atoms with Gasteiger partial charge in [-0.25, -0.2) is 12.7 Å². The number of para-hydroxylation sites is 2. The lowest BCUT2D eigenvalue weighted by Gasteiger charge is -2.23.